The molecule has 1 aliphatic heterocycles. The highest BCUT2D eigenvalue weighted by atomic mass is 16.1. The number of carbonyl (C=O) groups excluding carboxylic acids is 1. The minimum atomic E-state index is 0.293. The van der Waals surface area contributed by atoms with Gasteiger partial charge in [-0.1, -0.05) is 49.6 Å². The number of ketones is 1. The van der Waals surface area contributed by atoms with Crippen LogP contribution in [0, 0.1) is 0 Å². The molecule has 0 spiro atoms. The number of carbonyl (C=O) groups is 1. The lowest BCUT2D eigenvalue weighted by Gasteiger charge is -2.26. The maximum atomic E-state index is 11.9. The van der Waals surface area contributed by atoms with Gasteiger partial charge >= 0.3 is 0 Å². The molecule has 1 fully saturated rings. The van der Waals surface area contributed by atoms with Gasteiger partial charge < -0.3 is 4.90 Å². The fraction of sp³-hybridized carbons (Fsp3) is 0.611. The zero-order valence-corrected chi connectivity index (χ0v) is 12.5. The van der Waals surface area contributed by atoms with Crippen LogP contribution in [0.3, 0.4) is 0 Å². The molecule has 2 nitrogen and oxygen atoms in total. The highest BCUT2D eigenvalue weighted by Gasteiger charge is 2.09. The Morgan fingerprint density at radius 2 is 1.60 bits per heavy atom. The Morgan fingerprint density at radius 1 is 0.900 bits per heavy atom. The summed E-state index contributed by atoms with van der Waals surface area (Å²) in [6.45, 7) is 3.85. The SMILES string of the molecule is O=C(CCCCCCN1CCCCC1)c1ccccc1. The Bertz CT molecular complexity index is 382. The third kappa shape index (κ3) is 5.46. The van der Waals surface area contributed by atoms with E-state index in [9.17, 15) is 4.79 Å². The van der Waals surface area contributed by atoms with Gasteiger partial charge in [-0.2, -0.15) is 0 Å². The van der Waals surface area contributed by atoms with E-state index < -0.39 is 0 Å². The lowest BCUT2D eigenvalue weighted by molar-refractivity contribution is 0.0979. The van der Waals surface area contributed by atoms with Gasteiger partial charge in [0.25, 0.3) is 0 Å². The van der Waals surface area contributed by atoms with Crippen molar-refractivity contribution >= 4 is 5.78 Å². The van der Waals surface area contributed by atoms with Crippen molar-refractivity contribution < 1.29 is 4.79 Å². The number of rotatable bonds is 8. The number of piperidine rings is 1. The van der Waals surface area contributed by atoms with Crippen molar-refractivity contribution in [3.8, 4) is 0 Å². The monoisotopic (exact) mass is 273 g/mol. The number of hydrogen-bond donors (Lipinski definition) is 0. The number of unbranched alkanes of at least 4 members (excludes halogenated alkanes) is 3. The van der Waals surface area contributed by atoms with Crippen LogP contribution in [0.15, 0.2) is 30.3 Å². The van der Waals surface area contributed by atoms with Crippen molar-refractivity contribution in [3.63, 3.8) is 0 Å². The predicted molar refractivity (Wildman–Crippen MR) is 84.1 cm³/mol. The highest BCUT2D eigenvalue weighted by molar-refractivity contribution is 5.95. The van der Waals surface area contributed by atoms with Crippen molar-refractivity contribution in [2.45, 2.75) is 51.4 Å². The lowest BCUT2D eigenvalue weighted by atomic mass is 10.0. The first-order valence-electron chi connectivity index (χ1n) is 8.17. The minimum Gasteiger partial charge on any atom is -0.303 e. The quantitative estimate of drug-likeness (QED) is 0.520. The summed E-state index contributed by atoms with van der Waals surface area (Å²) in [6.07, 6.45) is 9.65. The smallest absolute Gasteiger partial charge is 0.162 e. The van der Waals surface area contributed by atoms with Crippen molar-refractivity contribution in [2.24, 2.45) is 0 Å². The van der Waals surface area contributed by atoms with Gasteiger partial charge in [0, 0.05) is 12.0 Å². The van der Waals surface area contributed by atoms with Crippen LogP contribution < -0.4 is 0 Å². The van der Waals surface area contributed by atoms with Crippen LogP contribution in [0.2, 0.25) is 0 Å². The number of Topliss-reactive ketones (excluding diaryl/α,β-unsaturated/α-hetero) is 1. The molecule has 1 aromatic carbocycles. The summed E-state index contributed by atoms with van der Waals surface area (Å²) in [6, 6.07) is 9.66. The summed E-state index contributed by atoms with van der Waals surface area (Å²) in [4.78, 5) is 14.5. The predicted octanol–water partition coefficient (Wildman–Crippen LogP) is 4.31. The average Bonchev–Trinajstić information content (AvgIpc) is 2.52. The molecule has 1 saturated heterocycles. The van der Waals surface area contributed by atoms with Crippen LogP contribution in [0.25, 0.3) is 0 Å². The normalized spacial score (nSPS) is 16.2. The van der Waals surface area contributed by atoms with Gasteiger partial charge in [0.05, 0.1) is 0 Å². The molecule has 0 unspecified atom stereocenters. The van der Waals surface area contributed by atoms with Crippen molar-refractivity contribution in [2.75, 3.05) is 19.6 Å². The van der Waals surface area contributed by atoms with Crippen LogP contribution in [-0.2, 0) is 0 Å². The average molecular weight is 273 g/mol. The minimum absolute atomic E-state index is 0.293. The summed E-state index contributed by atoms with van der Waals surface area (Å²) < 4.78 is 0. The molecule has 0 atom stereocenters. The molecule has 0 saturated carbocycles. The molecule has 0 aromatic heterocycles. The third-order valence-corrected chi connectivity index (χ3v) is 4.17. The second-order valence-corrected chi connectivity index (χ2v) is 5.86. The first kappa shape index (κ1) is 15.2. The Kier molecular flexibility index (Phi) is 6.79. The topological polar surface area (TPSA) is 20.3 Å². The standard InChI is InChI=1S/C18H27NO/c20-18(17-11-5-3-6-12-17)13-7-1-2-8-14-19-15-9-4-10-16-19/h3,5-6,11-12H,1-2,4,7-10,13-16H2. The van der Waals surface area contributed by atoms with Gasteiger partial charge in [-0.05, 0) is 45.3 Å². The Balaban J connectivity index is 1.50. The molecular weight excluding hydrogens is 246 g/mol. The molecule has 110 valence electrons. The van der Waals surface area contributed by atoms with Crippen LogP contribution in [0.5, 0.6) is 0 Å². The lowest BCUT2D eigenvalue weighted by Crippen LogP contribution is -2.30. The summed E-state index contributed by atoms with van der Waals surface area (Å²) in [5, 5.41) is 0. The highest BCUT2D eigenvalue weighted by Crippen LogP contribution is 2.12. The number of nitrogens with zero attached hydrogens (tertiary/aromatic N) is 1. The summed E-state index contributed by atoms with van der Waals surface area (Å²) in [5.41, 5.74) is 0.862. The molecular formula is C18H27NO. The maximum Gasteiger partial charge on any atom is 0.162 e. The largest absolute Gasteiger partial charge is 0.303 e. The van der Waals surface area contributed by atoms with Crippen LogP contribution in [0.4, 0.5) is 0 Å². The molecule has 0 bridgehead atoms. The second-order valence-electron chi connectivity index (χ2n) is 5.86. The van der Waals surface area contributed by atoms with Crippen molar-refractivity contribution in [1.29, 1.82) is 0 Å². The van der Waals surface area contributed by atoms with Gasteiger partial charge in [-0.3, -0.25) is 4.79 Å². The maximum absolute atomic E-state index is 11.9. The Labute approximate surface area is 123 Å². The van der Waals surface area contributed by atoms with Crippen LogP contribution in [-0.4, -0.2) is 30.3 Å². The van der Waals surface area contributed by atoms with Gasteiger partial charge in [-0.15, -0.1) is 0 Å². The molecule has 2 heteroatoms. The van der Waals surface area contributed by atoms with E-state index >= 15 is 0 Å². The van der Waals surface area contributed by atoms with Crippen LogP contribution in [0.1, 0.15) is 61.7 Å². The fourth-order valence-electron chi connectivity index (χ4n) is 2.93. The molecule has 1 heterocycles. The molecule has 1 aliphatic rings. The summed E-state index contributed by atoms with van der Waals surface area (Å²) >= 11 is 0. The summed E-state index contributed by atoms with van der Waals surface area (Å²) in [7, 11) is 0. The van der Waals surface area contributed by atoms with E-state index in [1.54, 1.807) is 0 Å². The first-order valence-corrected chi connectivity index (χ1v) is 8.17. The third-order valence-electron chi connectivity index (χ3n) is 4.17. The first-order chi connectivity index (χ1) is 9.86. The van der Waals surface area contributed by atoms with Gasteiger partial charge in [-0.25, -0.2) is 0 Å². The number of likely N-dealkylation sites (tertiary alicyclic amines) is 1. The number of hydrogen-bond acceptors (Lipinski definition) is 2. The van der Waals surface area contributed by atoms with Gasteiger partial charge in [0.15, 0.2) is 5.78 Å². The summed E-state index contributed by atoms with van der Waals surface area (Å²) in [5.74, 6) is 0.293. The van der Waals surface area contributed by atoms with E-state index in [4.69, 9.17) is 0 Å². The fourth-order valence-corrected chi connectivity index (χ4v) is 2.93. The molecule has 0 amide bonds. The van der Waals surface area contributed by atoms with Crippen LogP contribution >= 0.6 is 0 Å². The van der Waals surface area contributed by atoms with E-state index in [1.165, 1.54) is 58.2 Å². The molecule has 0 aliphatic carbocycles. The van der Waals surface area contributed by atoms with Crippen molar-refractivity contribution in [3.05, 3.63) is 35.9 Å². The zero-order chi connectivity index (χ0) is 14.0. The number of benzene rings is 1. The Hall–Kier alpha value is -1.15. The van der Waals surface area contributed by atoms with E-state index in [0.29, 0.717) is 12.2 Å². The van der Waals surface area contributed by atoms with Gasteiger partial charge in [0.1, 0.15) is 0 Å². The molecule has 20 heavy (non-hydrogen) atoms. The molecule has 2 rings (SSSR count). The van der Waals surface area contributed by atoms with Crippen molar-refractivity contribution in [1.82, 2.24) is 4.90 Å². The Morgan fingerprint density at radius 3 is 2.35 bits per heavy atom. The second kappa shape index (κ2) is 8.91. The zero-order valence-electron chi connectivity index (χ0n) is 12.5. The molecule has 0 N–H and O–H groups in total. The van der Waals surface area contributed by atoms with E-state index in [0.717, 1.165) is 12.0 Å². The molecule has 0 radical (unpaired) electrons. The van der Waals surface area contributed by atoms with E-state index in [1.807, 2.05) is 30.3 Å². The van der Waals surface area contributed by atoms with E-state index in [-0.39, 0.29) is 0 Å². The molecule has 1 aromatic rings. The van der Waals surface area contributed by atoms with Gasteiger partial charge in [0.2, 0.25) is 0 Å². The van der Waals surface area contributed by atoms with E-state index in [2.05, 4.69) is 4.90 Å².